The first kappa shape index (κ1) is 60.0. The quantitative estimate of drug-likeness (QED) is 0.110. The summed E-state index contributed by atoms with van der Waals surface area (Å²) in [4.78, 5) is 90.4. The molecule has 0 saturated carbocycles. The molecule has 6 aliphatic rings. The maximum Gasteiger partial charge on any atom is 0.325 e. The van der Waals surface area contributed by atoms with Gasteiger partial charge in [0.05, 0.1) is 50.8 Å². The Morgan fingerprint density at radius 2 is 0.884 bits per heavy atom. The molecule has 44 heteroatoms. The van der Waals surface area contributed by atoms with E-state index in [9.17, 15) is 29.2 Å². The van der Waals surface area contributed by atoms with Gasteiger partial charge < -0.3 is 107 Å². The van der Waals surface area contributed by atoms with Crippen LogP contribution in [0.15, 0.2) is 58.6 Å². The second-order valence-electron chi connectivity index (χ2n) is 20.2. The second kappa shape index (κ2) is 23.2. The van der Waals surface area contributed by atoms with Crippen molar-refractivity contribution in [1.82, 2.24) is 69.0 Å². The van der Waals surface area contributed by atoms with Gasteiger partial charge in [0.25, 0.3) is 11.1 Å². The minimum absolute atomic E-state index is 0.0207. The van der Waals surface area contributed by atoms with Crippen LogP contribution in [0, 0.1) is 0 Å². The van der Waals surface area contributed by atoms with Crippen LogP contribution >= 0.6 is 26.9 Å². The van der Waals surface area contributed by atoms with Gasteiger partial charge in [0, 0.05) is 72.6 Å². The molecule has 8 aromatic heterocycles. The van der Waals surface area contributed by atoms with Gasteiger partial charge >= 0.3 is 26.9 Å². The van der Waals surface area contributed by atoms with E-state index in [0.717, 1.165) is 10.8 Å². The fraction of sp³-hybridized carbons (Fsp3) is 0.476. The van der Waals surface area contributed by atoms with Gasteiger partial charge in [-0.3, -0.25) is 19.6 Å². The van der Waals surface area contributed by atoms with Crippen LogP contribution in [0.2, 0.25) is 0 Å². The van der Waals surface area contributed by atoms with E-state index in [1.54, 1.807) is 46.1 Å². The van der Waals surface area contributed by atoms with E-state index in [2.05, 4.69) is 50.5 Å². The Kier molecular flexibility index (Phi) is 16.2. The first-order valence-corrected chi connectivity index (χ1v) is 36.2. The van der Waals surface area contributed by atoms with E-state index in [-0.39, 0.29) is 86.3 Å². The molecule has 4 bridgehead atoms. The number of hydrogen-bond donors (Lipinski definition) is 10. The fourth-order valence-electron chi connectivity index (χ4n) is 10.7. The highest BCUT2D eigenvalue weighted by Crippen LogP contribution is 2.56. The lowest BCUT2D eigenvalue weighted by atomic mass is 10.2. The van der Waals surface area contributed by atoms with Crippen molar-refractivity contribution in [2.75, 3.05) is 49.4 Å². The van der Waals surface area contributed by atoms with E-state index in [1.165, 1.54) is 9.36 Å². The normalized spacial score (nSPS) is 35.4. The number of H-pyrrole nitrogens is 2. The Morgan fingerprint density at radius 3 is 1.29 bits per heavy atom. The minimum Gasteiger partial charge on any atom is -0.398 e. The third-order valence-electron chi connectivity index (χ3n) is 14.5. The van der Waals surface area contributed by atoms with E-state index in [0.29, 0.717) is 22.7 Å². The van der Waals surface area contributed by atoms with Crippen LogP contribution in [0.25, 0.3) is 44.4 Å². The maximum atomic E-state index is 12.3. The zero-order chi connectivity index (χ0) is 60.2. The number of pyridine rings is 2. The molecule has 0 aliphatic carbocycles. The average molecular weight is 1350 g/mol. The summed E-state index contributed by atoms with van der Waals surface area (Å²) < 4.78 is 76.9. The first-order chi connectivity index (χ1) is 40.9. The lowest BCUT2D eigenvalue weighted by Gasteiger charge is -2.27. The Bertz CT molecular complexity index is 4010. The van der Waals surface area contributed by atoms with Crippen molar-refractivity contribution in [3.8, 4) is 0 Å². The third-order valence-corrected chi connectivity index (χ3v) is 20.8. The van der Waals surface area contributed by atoms with Gasteiger partial charge in [-0.1, -0.05) is 10.4 Å². The van der Waals surface area contributed by atoms with Gasteiger partial charge in [0.15, 0.2) is 34.8 Å². The van der Waals surface area contributed by atoms with Gasteiger partial charge in [-0.25, -0.2) is 9.97 Å². The molecule has 6 saturated heterocycles. The van der Waals surface area contributed by atoms with Gasteiger partial charge in [-0.2, -0.15) is 19.3 Å². The Labute approximate surface area is 501 Å². The molecule has 6 aliphatic heterocycles. The molecule has 0 spiro atoms. The summed E-state index contributed by atoms with van der Waals surface area (Å²) >= 11 is 21.3. The second-order valence-corrected chi connectivity index (χ2v) is 31.3. The molecule has 0 aromatic carbocycles. The standard InChI is InChI=1S/2C21H25N9O9P2S2/c2*22-11-1-3-24-17-10(11)2-4-29(17)15-6-12-14(37-15)8-35-41(33,43)39-13-5-9(7-34-40(32,42)38-12)36-20(13)30-18-16(27-28-30)19(31)26-21(23)25-18/h2*1-4,9,12-15,20H,5-8H2,(H2,22,24)(H,32,42)(H,33,43)(H3,23,25,26,31)/t2*9-,12-,13+,14+,15+,20+,40?,41?/m00/s1. The van der Waals surface area contributed by atoms with Crippen molar-refractivity contribution < 1.29 is 74.7 Å². The van der Waals surface area contributed by atoms with Crippen LogP contribution in [0.1, 0.15) is 50.6 Å². The van der Waals surface area contributed by atoms with Gasteiger partial charge in [-0.15, -0.1) is 10.2 Å². The molecule has 8 aromatic rings. The number of nitrogens with two attached hydrogens (primary N) is 4. The summed E-state index contributed by atoms with van der Waals surface area (Å²) in [7, 11) is 0. The average Bonchev–Trinajstić information content (AvgIpc) is 2.28. The summed E-state index contributed by atoms with van der Waals surface area (Å²) in [6, 6.07) is 7.02. The van der Waals surface area contributed by atoms with Crippen LogP contribution in [0.5, 0.6) is 0 Å². The number of aromatic nitrogens is 14. The summed E-state index contributed by atoms with van der Waals surface area (Å²) in [6.07, 6.45) is -2.51. The van der Waals surface area contributed by atoms with Crippen LogP contribution < -0.4 is 34.1 Å². The molecule has 36 nitrogen and oxygen atoms in total. The SMILES string of the molecule is Nc1nc2c(nnn2[C@@H]2O[C@@H]3COP(O)(=S)O[C@H]4C[C@H](n5ccc6c(N)ccnc65)O[C@@H]4COP(O)(=S)O[C@@H]2C3)c(=O)[nH]1.Nc1nc2c(nnn2[C@@H]2O[C@@H]3COP(O)(=S)O[C@H]4C[C@H](n5ccc6c(N)ccnc65)O[C@@H]4COP(O)(=S)O[C@@H]2C3)c(=O)[nH]1. The maximum absolute atomic E-state index is 12.3. The highest BCUT2D eigenvalue weighted by atomic mass is 32.5. The number of nitrogens with zero attached hydrogens (tertiary/aromatic N) is 12. The van der Waals surface area contributed by atoms with Crippen molar-refractivity contribution in [2.45, 2.75) is 99.4 Å². The number of nitrogen functional groups attached to an aromatic ring is 4. The minimum atomic E-state index is -3.94. The molecule has 0 amide bonds. The topological polar surface area (TPSA) is 484 Å². The molecule has 460 valence electrons. The number of aromatic amines is 2. The van der Waals surface area contributed by atoms with Crippen molar-refractivity contribution in [2.24, 2.45) is 0 Å². The van der Waals surface area contributed by atoms with Crippen molar-refractivity contribution in [3.05, 3.63) is 69.8 Å². The Hall–Kier alpha value is -4.90. The summed E-state index contributed by atoms with van der Waals surface area (Å²) in [5.74, 6) is -0.326. The predicted octanol–water partition coefficient (Wildman–Crippen LogP) is 1.11. The lowest BCUT2D eigenvalue weighted by molar-refractivity contribution is -0.0635. The van der Waals surface area contributed by atoms with Crippen molar-refractivity contribution >= 4 is 142 Å². The fourth-order valence-corrected chi connectivity index (χ4v) is 16.6. The van der Waals surface area contributed by atoms with E-state index < -0.39 is 112 Å². The number of fused-ring (bicyclic) bond motifs is 10. The summed E-state index contributed by atoms with van der Waals surface area (Å²) in [5.41, 5.74) is 24.6. The van der Waals surface area contributed by atoms with Crippen LogP contribution in [0.4, 0.5) is 23.3 Å². The molecule has 4 unspecified atom stereocenters. The summed E-state index contributed by atoms with van der Waals surface area (Å²) in [6.45, 7) is -16.5. The molecule has 86 heavy (non-hydrogen) atoms. The Balaban J connectivity index is 0.000000160. The van der Waals surface area contributed by atoms with Gasteiger partial charge in [0.1, 0.15) is 48.2 Å². The Morgan fingerprint density at radius 1 is 0.500 bits per heavy atom. The molecular weight excluding hydrogens is 1300 g/mol. The molecule has 14 N–H and O–H groups in total. The van der Waals surface area contributed by atoms with Crippen LogP contribution in [0.3, 0.4) is 0 Å². The van der Waals surface area contributed by atoms with E-state index >= 15 is 0 Å². The number of hydrogen-bond acceptors (Lipinski definition) is 30. The summed E-state index contributed by atoms with van der Waals surface area (Å²) in [5, 5.41) is 17.2. The number of nitrogens with one attached hydrogen (secondary N) is 2. The highest BCUT2D eigenvalue weighted by molar-refractivity contribution is 8.08. The molecule has 14 rings (SSSR count). The smallest absolute Gasteiger partial charge is 0.325 e. The predicted molar refractivity (Wildman–Crippen MR) is 312 cm³/mol. The van der Waals surface area contributed by atoms with Crippen molar-refractivity contribution in [3.63, 3.8) is 0 Å². The highest BCUT2D eigenvalue weighted by Gasteiger charge is 2.49. The van der Waals surface area contributed by atoms with Crippen LogP contribution in [-0.2, 0) is 102 Å². The molecule has 6 fully saturated rings. The number of rotatable bonds is 4. The van der Waals surface area contributed by atoms with Gasteiger partial charge in [0.2, 0.25) is 11.9 Å². The zero-order valence-corrected chi connectivity index (χ0v) is 50.6. The van der Waals surface area contributed by atoms with Gasteiger partial charge in [-0.05, 0) is 71.5 Å². The monoisotopic (exact) mass is 1350 g/mol. The van der Waals surface area contributed by atoms with E-state index in [1.807, 2.05) is 12.1 Å². The first-order valence-electron chi connectivity index (χ1n) is 25.8. The molecule has 16 atom stereocenters. The molecule has 0 radical (unpaired) electrons. The van der Waals surface area contributed by atoms with Crippen molar-refractivity contribution in [1.29, 1.82) is 0 Å². The lowest BCUT2D eigenvalue weighted by Crippen LogP contribution is -2.29. The third kappa shape index (κ3) is 12.2. The zero-order valence-electron chi connectivity index (χ0n) is 43.8. The molecular formula is C42H50N18O18P4S4. The van der Waals surface area contributed by atoms with E-state index in [4.69, 9.17) is 125 Å². The number of anilines is 4. The molecule has 14 heterocycles. The largest absolute Gasteiger partial charge is 0.398 e. The van der Waals surface area contributed by atoms with Crippen LogP contribution in [-0.4, -0.2) is 164 Å². The number of ether oxygens (including phenoxy) is 4.